The maximum Gasteiger partial charge on any atom is 0.303 e. The van der Waals surface area contributed by atoms with Crippen molar-refractivity contribution < 1.29 is 19.4 Å². The number of thiophene rings is 1. The van der Waals surface area contributed by atoms with Crippen molar-refractivity contribution in [2.75, 3.05) is 7.11 Å². The molecule has 188 valence electrons. The third kappa shape index (κ3) is 5.17. The van der Waals surface area contributed by atoms with Crippen LogP contribution in [0.25, 0.3) is 16.9 Å². The fourth-order valence-corrected chi connectivity index (χ4v) is 5.15. The molecule has 0 aliphatic carbocycles. The van der Waals surface area contributed by atoms with Gasteiger partial charge in [-0.15, -0.1) is 0 Å². The van der Waals surface area contributed by atoms with Gasteiger partial charge in [0, 0.05) is 42.1 Å². The van der Waals surface area contributed by atoms with E-state index in [0.717, 1.165) is 28.1 Å². The SMILES string of the molecule is COc1ccccc1-c1nn(-c2ccccc2)cc1C1CC(c2ccsc2)=NN1C(=O)CCCC(=O)O. The lowest BCUT2D eigenvalue weighted by molar-refractivity contribution is -0.137. The van der Waals surface area contributed by atoms with E-state index in [1.165, 1.54) is 5.01 Å². The number of carboxylic acid groups (broad SMARTS) is 1. The van der Waals surface area contributed by atoms with E-state index in [1.54, 1.807) is 18.4 Å². The molecule has 8 nitrogen and oxygen atoms in total. The highest BCUT2D eigenvalue weighted by Gasteiger charge is 2.36. The van der Waals surface area contributed by atoms with E-state index in [-0.39, 0.29) is 25.2 Å². The molecule has 0 spiro atoms. The van der Waals surface area contributed by atoms with Crippen LogP contribution in [0.2, 0.25) is 0 Å². The van der Waals surface area contributed by atoms with Gasteiger partial charge in [0.1, 0.15) is 11.4 Å². The van der Waals surface area contributed by atoms with Crippen LogP contribution in [-0.4, -0.2) is 44.6 Å². The van der Waals surface area contributed by atoms with Crippen molar-refractivity contribution in [3.05, 3.63) is 88.7 Å². The number of aromatic nitrogens is 2. The van der Waals surface area contributed by atoms with E-state index >= 15 is 0 Å². The zero-order chi connectivity index (χ0) is 25.8. The number of methoxy groups -OCH3 is 1. The number of aliphatic carboxylic acids is 1. The Kier molecular flexibility index (Phi) is 7.14. The largest absolute Gasteiger partial charge is 0.496 e. The van der Waals surface area contributed by atoms with E-state index < -0.39 is 12.0 Å². The van der Waals surface area contributed by atoms with Crippen molar-refractivity contribution in [1.82, 2.24) is 14.8 Å². The highest BCUT2D eigenvalue weighted by atomic mass is 32.1. The monoisotopic (exact) mass is 514 g/mol. The summed E-state index contributed by atoms with van der Waals surface area (Å²) in [4.78, 5) is 24.4. The first-order chi connectivity index (χ1) is 18.0. The van der Waals surface area contributed by atoms with E-state index in [9.17, 15) is 9.59 Å². The molecule has 2 aromatic carbocycles. The van der Waals surface area contributed by atoms with Crippen molar-refractivity contribution >= 4 is 28.9 Å². The number of benzene rings is 2. The minimum atomic E-state index is -0.921. The molecule has 1 atom stereocenters. The van der Waals surface area contributed by atoms with Gasteiger partial charge in [-0.1, -0.05) is 30.3 Å². The number of hydrazone groups is 1. The summed E-state index contributed by atoms with van der Waals surface area (Å²) in [6.45, 7) is 0. The molecule has 0 bridgehead atoms. The van der Waals surface area contributed by atoms with Crippen LogP contribution >= 0.6 is 11.3 Å². The quantitative estimate of drug-likeness (QED) is 0.316. The predicted molar refractivity (Wildman–Crippen MR) is 142 cm³/mol. The molecule has 1 N–H and O–H groups in total. The van der Waals surface area contributed by atoms with Crippen molar-refractivity contribution in [1.29, 1.82) is 0 Å². The summed E-state index contributed by atoms with van der Waals surface area (Å²) in [6.07, 6.45) is 2.75. The van der Waals surface area contributed by atoms with Crippen LogP contribution in [0.5, 0.6) is 5.75 Å². The van der Waals surface area contributed by atoms with Gasteiger partial charge in [0.15, 0.2) is 0 Å². The van der Waals surface area contributed by atoms with E-state index in [2.05, 4.69) is 0 Å². The van der Waals surface area contributed by atoms with Gasteiger partial charge in [-0.05, 0) is 47.5 Å². The van der Waals surface area contributed by atoms with Crippen LogP contribution in [0.15, 0.2) is 82.7 Å². The lowest BCUT2D eigenvalue weighted by Crippen LogP contribution is -2.27. The molecule has 5 rings (SSSR count). The van der Waals surface area contributed by atoms with E-state index in [0.29, 0.717) is 17.9 Å². The summed E-state index contributed by atoms with van der Waals surface area (Å²) in [5, 5.41) is 24.2. The molecule has 0 saturated heterocycles. The lowest BCUT2D eigenvalue weighted by atomic mass is 9.96. The van der Waals surface area contributed by atoms with E-state index in [1.807, 2.05) is 82.3 Å². The van der Waals surface area contributed by atoms with Crippen molar-refractivity contribution in [2.24, 2.45) is 5.10 Å². The zero-order valence-corrected chi connectivity index (χ0v) is 21.1. The molecule has 0 saturated carbocycles. The van der Waals surface area contributed by atoms with Crippen molar-refractivity contribution in [3.8, 4) is 22.7 Å². The Hall–Kier alpha value is -4.24. The summed E-state index contributed by atoms with van der Waals surface area (Å²) in [6, 6.07) is 19.1. The highest BCUT2D eigenvalue weighted by Crippen LogP contribution is 2.41. The Morgan fingerprint density at radius 1 is 1.08 bits per heavy atom. The first kappa shape index (κ1) is 24.5. The number of hydrogen-bond acceptors (Lipinski definition) is 6. The zero-order valence-electron chi connectivity index (χ0n) is 20.3. The molecule has 1 aliphatic rings. The first-order valence-electron chi connectivity index (χ1n) is 12.0. The molecule has 1 aliphatic heterocycles. The summed E-state index contributed by atoms with van der Waals surface area (Å²) < 4.78 is 7.46. The standard InChI is InChI=1S/C28H26N4O4S/c1-36-25-11-6-5-10-21(25)28-22(17-31(30-28)20-8-3-2-4-9-20)24-16-23(19-14-15-37-18-19)29-32(24)26(33)12-7-13-27(34)35/h2-6,8-11,14-15,17-18,24H,7,12-13,16H2,1H3,(H,34,35). The normalized spacial score (nSPS) is 15.0. The number of hydrogen-bond donors (Lipinski definition) is 1. The number of amides is 1. The molecule has 2 aromatic heterocycles. The smallest absolute Gasteiger partial charge is 0.303 e. The van der Waals surface area contributed by atoms with Gasteiger partial charge >= 0.3 is 5.97 Å². The molecule has 4 aromatic rings. The molecule has 3 heterocycles. The van der Waals surface area contributed by atoms with Crippen LogP contribution in [0, 0.1) is 0 Å². The Labute approximate surface area is 218 Å². The minimum Gasteiger partial charge on any atom is -0.496 e. The summed E-state index contributed by atoms with van der Waals surface area (Å²) in [5.74, 6) is -0.455. The van der Waals surface area contributed by atoms with Crippen LogP contribution in [0.1, 0.15) is 42.9 Å². The molecular formula is C28H26N4O4S. The molecule has 1 unspecified atom stereocenters. The Morgan fingerprint density at radius 2 is 1.86 bits per heavy atom. The van der Waals surface area contributed by atoms with Crippen LogP contribution in [0.3, 0.4) is 0 Å². The molecule has 37 heavy (non-hydrogen) atoms. The predicted octanol–water partition coefficient (Wildman–Crippen LogP) is 5.54. The fourth-order valence-electron chi connectivity index (χ4n) is 4.48. The second-order valence-corrected chi connectivity index (χ2v) is 9.46. The fraction of sp³-hybridized carbons (Fsp3) is 0.214. The lowest BCUT2D eigenvalue weighted by Gasteiger charge is -2.22. The molecule has 0 fully saturated rings. The number of ether oxygens (including phenoxy) is 1. The van der Waals surface area contributed by atoms with Gasteiger partial charge in [0.05, 0.1) is 24.6 Å². The summed E-state index contributed by atoms with van der Waals surface area (Å²) in [7, 11) is 1.62. The van der Waals surface area contributed by atoms with Gasteiger partial charge < -0.3 is 9.84 Å². The average molecular weight is 515 g/mol. The number of carboxylic acids is 1. The Morgan fingerprint density at radius 3 is 2.59 bits per heavy atom. The van der Waals surface area contributed by atoms with Crippen LogP contribution in [0.4, 0.5) is 0 Å². The molecule has 1 amide bonds. The van der Waals surface area contributed by atoms with Gasteiger partial charge in [-0.2, -0.15) is 21.5 Å². The van der Waals surface area contributed by atoms with Gasteiger partial charge in [-0.3, -0.25) is 9.59 Å². The molecule has 9 heteroatoms. The second-order valence-electron chi connectivity index (χ2n) is 8.68. The van der Waals surface area contributed by atoms with Gasteiger partial charge in [0.2, 0.25) is 5.91 Å². The first-order valence-corrected chi connectivity index (χ1v) is 12.9. The third-order valence-electron chi connectivity index (χ3n) is 6.29. The summed E-state index contributed by atoms with van der Waals surface area (Å²) in [5.41, 5.74) is 5.05. The van der Waals surface area contributed by atoms with Gasteiger partial charge in [-0.25, -0.2) is 9.69 Å². The molecule has 0 radical (unpaired) electrons. The van der Waals surface area contributed by atoms with Crippen molar-refractivity contribution in [3.63, 3.8) is 0 Å². The second kappa shape index (κ2) is 10.8. The van der Waals surface area contributed by atoms with Gasteiger partial charge in [0.25, 0.3) is 0 Å². The Balaban J connectivity index is 1.59. The number of nitrogens with zero attached hydrogens (tertiary/aromatic N) is 4. The van der Waals surface area contributed by atoms with Crippen molar-refractivity contribution in [2.45, 2.75) is 31.7 Å². The maximum atomic E-state index is 13.4. The van der Waals surface area contributed by atoms with E-state index in [4.69, 9.17) is 20.0 Å². The number of carbonyl (C=O) groups excluding carboxylic acids is 1. The summed E-state index contributed by atoms with van der Waals surface area (Å²) >= 11 is 1.57. The number of carbonyl (C=O) groups is 2. The average Bonchev–Trinajstić information content (AvgIpc) is 3.68. The third-order valence-corrected chi connectivity index (χ3v) is 6.97. The minimum absolute atomic E-state index is 0.0657. The Bertz CT molecular complexity index is 1430. The van der Waals surface area contributed by atoms with Crippen LogP contribution in [-0.2, 0) is 9.59 Å². The highest BCUT2D eigenvalue weighted by molar-refractivity contribution is 7.08. The maximum absolute atomic E-state index is 13.4. The topological polar surface area (TPSA) is 97.0 Å². The number of para-hydroxylation sites is 2. The number of rotatable bonds is 9. The molecular weight excluding hydrogens is 488 g/mol. The van der Waals surface area contributed by atoms with Crippen LogP contribution < -0.4 is 4.74 Å².